The summed E-state index contributed by atoms with van der Waals surface area (Å²) < 4.78 is 5.30. The lowest BCUT2D eigenvalue weighted by Gasteiger charge is -2.10. The summed E-state index contributed by atoms with van der Waals surface area (Å²) in [4.78, 5) is 0. The Morgan fingerprint density at radius 1 is 1.60 bits per heavy atom. The maximum absolute atomic E-state index is 9.28. The maximum atomic E-state index is 9.28. The number of aliphatic hydroxyl groups is 1. The predicted molar refractivity (Wildman–Crippen MR) is 58.0 cm³/mol. The summed E-state index contributed by atoms with van der Waals surface area (Å²) in [5.41, 5.74) is 0.417. The molecule has 0 radical (unpaired) electrons. The van der Waals surface area contributed by atoms with Gasteiger partial charge >= 0.3 is 0 Å². The van der Waals surface area contributed by atoms with E-state index in [0.29, 0.717) is 22.8 Å². The first-order chi connectivity index (χ1) is 7.17. The molecule has 1 unspecified atom stereocenters. The molecule has 1 rings (SSSR count). The van der Waals surface area contributed by atoms with E-state index in [2.05, 4.69) is 0 Å². The lowest BCUT2D eigenvalue weighted by molar-refractivity contribution is 0.104. The molecular formula is C11H12ClNO2. The number of aliphatic hydroxyl groups excluding tert-OH is 1. The summed E-state index contributed by atoms with van der Waals surface area (Å²) in [7, 11) is 0. The Morgan fingerprint density at radius 2 is 2.33 bits per heavy atom. The highest BCUT2D eigenvalue weighted by molar-refractivity contribution is 6.31. The van der Waals surface area contributed by atoms with Crippen molar-refractivity contribution in [2.75, 3.05) is 6.61 Å². The molecule has 15 heavy (non-hydrogen) atoms. The molecule has 0 saturated carbocycles. The summed E-state index contributed by atoms with van der Waals surface area (Å²) in [6.07, 6.45) is 0.170. The number of hydrogen-bond acceptors (Lipinski definition) is 3. The Kier molecular flexibility index (Phi) is 4.41. The molecule has 0 aromatic heterocycles. The van der Waals surface area contributed by atoms with Crippen molar-refractivity contribution in [1.29, 1.82) is 5.26 Å². The summed E-state index contributed by atoms with van der Waals surface area (Å²) in [5.74, 6) is 0.562. The SMILES string of the molecule is CCC(O)COc1ccc(C#N)c(Cl)c1. The van der Waals surface area contributed by atoms with Crippen LogP contribution in [0.4, 0.5) is 0 Å². The fourth-order valence-electron chi connectivity index (χ4n) is 0.987. The summed E-state index contributed by atoms with van der Waals surface area (Å²) in [5, 5.41) is 18.3. The van der Waals surface area contributed by atoms with Crippen LogP contribution in [0.1, 0.15) is 18.9 Å². The van der Waals surface area contributed by atoms with Gasteiger partial charge in [0, 0.05) is 6.07 Å². The van der Waals surface area contributed by atoms with Crippen molar-refractivity contribution < 1.29 is 9.84 Å². The standard InChI is InChI=1S/C11H12ClNO2/c1-2-9(14)7-15-10-4-3-8(6-13)11(12)5-10/h3-5,9,14H,2,7H2,1H3. The largest absolute Gasteiger partial charge is 0.491 e. The van der Waals surface area contributed by atoms with E-state index in [0.717, 1.165) is 0 Å². The molecule has 0 heterocycles. The lowest BCUT2D eigenvalue weighted by atomic mass is 10.2. The van der Waals surface area contributed by atoms with Gasteiger partial charge < -0.3 is 9.84 Å². The Labute approximate surface area is 93.9 Å². The normalized spacial score (nSPS) is 11.9. The van der Waals surface area contributed by atoms with Crippen molar-refractivity contribution in [1.82, 2.24) is 0 Å². The fourth-order valence-corrected chi connectivity index (χ4v) is 1.20. The molecule has 1 aromatic carbocycles. The Balaban J connectivity index is 2.64. The van der Waals surface area contributed by atoms with E-state index >= 15 is 0 Å². The van der Waals surface area contributed by atoms with E-state index in [9.17, 15) is 5.11 Å². The zero-order chi connectivity index (χ0) is 11.3. The van der Waals surface area contributed by atoms with Crippen LogP contribution in [0.15, 0.2) is 18.2 Å². The van der Waals surface area contributed by atoms with Crippen LogP contribution in [0.2, 0.25) is 5.02 Å². The minimum atomic E-state index is -0.473. The van der Waals surface area contributed by atoms with Gasteiger partial charge in [-0.2, -0.15) is 5.26 Å². The number of nitrogens with zero attached hydrogens (tertiary/aromatic N) is 1. The van der Waals surface area contributed by atoms with Gasteiger partial charge in [-0.15, -0.1) is 0 Å². The van der Waals surface area contributed by atoms with Crippen LogP contribution in [0.3, 0.4) is 0 Å². The molecule has 0 aliphatic heterocycles. The third-order valence-corrected chi connectivity index (χ3v) is 2.29. The number of halogens is 1. The van der Waals surface area contributed by atoms with E-state index < -0.39 is 6.10 Å². The summed E-state index contributed by atoms with van der Waals surface area (Å²) >= 11 is 5.81. The minimum Gasteiger partial charge on any atom is -0.491 e. The first-order valence-corrected chi connectivity index (χ1v) is 5.05. The molecule has 0 spiro atoms. The molecular weight excluding hydrogens is 214 g/mol. The van der Waals surface area contributed by atoms with Crippen molar-refractivity contribution in [3.8, 4) is 11.8 Å². The van der Waals surface area contributed by atoms with Gasteiger partial charge in [-0.05, 0) is 18.6 Å². The van der Waals surface area contributed by atoms with Crippen molar-refractivity contribution >= 4 is 11.6 Å². The number of nitriles is 1. The lowest BCUT2D eigenvalue weighted by Crippen LogP contribution is -2.15. The topological polar surface area (TPSA) is 53.2 Å². The fraction of sp³-hybridized carbons (Fsp3) is 0.364. The number of benzene rings is 1. The quantitative estimate of drug-likeness (QED) is 0.856. The zero-order valence-electron chi connectivity index (χ0n) is 8.40. The molecule has 4 heteroatoms. The number of ether oxygens (including phenoxy) is 1. The maximum Gasteiger partial charge on any atom is 0.121 e. The van der Waals surface area contributed by atoms with Gasteiger partial charge in [0.1, 0.15) is 18.4 Å². The van der Waals surface area contributed by atoms with Crippen LogP contribution in [-0.2, 0) is 0 Å². The van der Waals surface area contributed by atoms with Gasteiger partial charge in [0.25, 0.3) is 0 Å². The van der Waals surface area contributed by atoms with Gasteiger partial charge in [0.15, 0.2) is 0 Å². The molecule has 0 fully saturated rings. The van der Waals surface area contributed by atoms with Gasteiger partial charge in [0.05, 0.1) is 16.7 Å². The summed E-state index contributed by atoms with van der Waals surface area (Å²) in [6.45, 7) is 2.11. The van der Waals surface area contributed by atoms with E-state index in [1.54, 1.807) is 18.2 Å². The van der Waals surface area contributed by atoms with Crippen molar-refractivity contribution in [3.05, 3.63) is 28.8 Å². The number of rotatable bonds is 4. The van der Waals surface area contributed by atoms with E-state index in [4.69, 9.17) is 21.6 Å². The van der Waals surface area contributed by atoms with E-state index in [-0.39, 0.29) is 6.61 Å². The monoisotopic (exact) mass is 225 g/mol. The van der Waals surface area contributed by atoms with Crippen LogP contribution in [0, 0.1) is 11.3 Å². The highest BCUT2D eigenvalue weighted by atomic mass is 35.5. The predicted octanol–water partition coefficient (Wildman–Crippen LogP) is 2.36. The molecule has 1 aromatic rings. The van der Waals surface area contributed by atoms with Gasteiger partial charge in [-0.25, -0.2) is 0 Å². The van der Waals surface area contributed by atoms with Crippen LogP contribution in [0.25, 0.3) is 0 Å². The van der Waals surface area contributed by atoms with Crippen LogP contribution in [-0.4, -0.2) is 17.8 Å². The highest BCUT2D eigenvalue weighted by Crippen LogP contribution is 2.21. The van der Waals surface area contributed by atoms with Gasteiger partial charge in [-0.3, -0.25) is 0 Å². The van der Waals surface area contributed by atoms with Crippen LogP contribution >= 0.6 is 11.6 Å². The van der Waals surface area contributed by atoms with Crippen molar-refractivity contribution in [2.24, 2.45) is 0 Å². The second-order valence-electron chi connectivity index (χ2n) is 3.13. The minimum absolute atomic E-state index is 0.235. The second kappa shape index (κ2) is 5.59. The first-order valence-electron chi connectivity index (χ1n) is 4.68. The Hall–Kier alpha value is -1.24. The van der Waals surface area contributed by atoms with Gasteiger partial charge in [0.2, 0.25) is 0 Å². The third-order valence-electron chi connectivity index (χ3n) is 1.97. The molecule has 0 bridgehead atoms. The van der Waals surface area contributed by atoms with Gasteiger partial charge in [-0.1, -0.05) is 18.5 Å². The Bertz CT molecular complexity index is 373. The molecule has 1 atom stereocenters. The van der Waals surface area contributed by atoms with E-state index in [1.165, 1.54) is 0 Å². The summed E-state index contributed by atoms with van der Waals surface area (Å²) in [6, 6.07) is 6.79. The third kappa shape index (κ3) is 3.43. The Morgan fingerprint density at radius 3 is 2.87 bits per heavy atom. The van der Waals surface area contributed by atoms with Crippen LogP contribution in [0.5, 0.6) is 5.75 Å². The smallest absolute Gasteiger partial charge is 0.121 e. The molecule has 1 N–H and O–H groups in total. The average Bonchev–Trinajstić information content (AvgIpc) is 2.26. The highest BCUT2D eigenvalue weighted by Gasteiger charge is 2.04. The average molecular weight is 226 g/mol. The first kappa shape index (κ1) is 11.8. The molecule has 80 valence electrons. The molecule has 0 aliphatic rings. The second-order valence-corrected chi connectivity index (χ2v) is 3.53. The van der Waals surface area contributed by atoms with Crippen LogP contribution < -0.4 is 4.74 Å². The molecule has 0 amide bonds. The van der Waals surface area contributed by atoms with E-state index in [1.807, 2.05) is 13.0 Å². The number of hydrogen-bond donors (Lipinski definition) is 1. The molecule has 0 saturated heterocycles. The molecule has 3 nitrogen and oxygen atoms in total. The molecule has 0 aliphatic carbocycles. The van der Waals surface area contributed by atoms with Crippen molar-refractivity contribution in [2.45, 2.75) is 19.4 Å². The zero-order valence-corrected chi connectivity index (χ0v) is 9.16. The van der Waals surface area contributed by atoms with Crippen molar-refractivity contribution in [3.63, 3.8) is 0 Å².